The molecule has 7 nitrogen and oxygen atoms in total. The van der Waals surface area contributed by atoms with Crippen LogP contribution in [0.2, 0.25) is 10.0 Å². The van der Waals surface area contributed by atoms with Gasteiger partial charge in [0.25, 0.3) is 0 Å². The average Bonchev–Trinajstić information content (AvgIpc) is 3.26. The summed E-state index contributed by atoms with van der Waals surface area (Å²) >= 11 is 17.6. The molecule has 13 heteroatoms. The van der Waals surface area contributed by atoms with Crippen molar-refractivity contribution in [2.45, 2.75) is 19.5 Å². The Labute approximate surface area is 184 Å². The van der Waals surface area contributed by atoms with E-state index in [-0.39, 0.29) is 11.8 Å². The standard InChI is InChI=1S/C17H15Cl2F3N6OS/c18-13-2-1-3-14(19)12(13)8-27-5-4-15(26-27)25-16(30)24-11-6-23-28(7-11)10-29-9-17(20,21)22/h1-7H,8-10H2,(H2,24,25,26,30). The lowest BCUT2D eigenvalue weighted by atomic mass is 10.2. The zero-order chi connectivity index (χ0) is 21.7. The maximum atomic E-state index is 12.1. The van der Waals surface area contributed by atoms with E-state index in [4.69, 9.17) is 35.4 Å². The van der Waals surface area contributed by atoms with E-state index in [9.17, 15) is 13.2 Å². The SMILES string of the molecule is FC(F)(F)COCn1cc(NC(=S)Nc2ccn(Cc3c(Cl)cccc3Cl)n2)cn1. The van der Waals surface area contributed by atoms with E-state index >= 15 is 0 Å². The topological polar surface area (TPSA) is 68.9 Å². The Balaban J connectivity index is 1.51. The van der Waals surface area contributed by atoms with Crippen molar-refractivity contribution < 1.29 is 17.9 Å². The van der Waals surface area contributed by atoms with E-state index in [1.165, 1.54) is 17.1 Å². The number of hydrogen-bond donors (Lipinski definition) is 2. The van der Waals surface area contributed by atoms with Gasteiger partial charge in [0.1, 0.15) is 13.3 Å². The number of hydrogen-bond acceptors (Lipinski definition) is 4. The van der Waals surface area contributed by atoms with Gasteiger partial charge in [0.05, 0.1) is 24.6 Å². The van der Waals surface area contributed by atoms with Gasteiger partial charge in [0.15, 0.2) is 10.9 Å². The molecular formula is C17H15Cl2F3N6OS. The van der Waals surface area contributed by atoms with Crippen LogP contribution in [0.15, 0.2) is 42.9 Å². The predicted octanol–water partition coefficient (Wildman–Crippen LogP) is 4.78. The third-order valence-electron chi connectivity index (χ3n) is 3.64. The highest BCUT2D eigenvalue weighted by atomic mass is 35.5. The molecule has 0 aliphatic heterocycles. The Bertz CT molecular complexity index is 1000. The lowest BCUT2D eigenvalue weighted by Gasteiger charge is -2.08. The summed E-state index contributed by atoms with van der Waals surface area (Å²) in [4.78, 5) is 0. The van der Waals surface area contributed by atoms with E-state index in [0.717, 1.165) is 5.56 Å². The summed E-state index contributed by atoms with van der Waals surface area (Å²) in [6.07, 6.45) is 0.214. The van der Waals surface area contributed by atoms with Gasteiger partial charge in [0.2, 0.25) is 0 Å². The van der Waals surface area contributed by atoms with Crippen molar-refractivity contribution in [3.05, 3.63) is 58.5 Å². The highest BCUT2D eigenvalue weighted by Crippen LogP contribution is 2.25. The maximum Gasteiger partial charge on any atom is 0.411 e. The second-order valence-corrected chi connectivity index (χ2v) is 7.26. The molecule has 0 spiro atoms. The summed E-state index contributed by atoms with van der Waals surface area (Å²) < 4.78 is 43.7. The Kier molecular flexibility index (Phi) is 7.19. The largest absolute Gasteiger partial charge is 0.411 e. The monoisotopic (exact) mass is 478 g/mol. The third kappa shape index (κ3) is 6.59. The van der Waals surface area contributed by atoms with Crippen LogP contribution in [0.25, 0.3) is 0 Å². The molecule has 3 rings (SSSR count). The van der Waals surface area contributed by atoms with Crippen LogP contribution in [0.3, 0.4) is 0 Å². The molecule has 3 aromatic rings. The minimum Gasteiger partial charge on any atom is -0.350 e. The summed E-state index contributed by atoms with van der Waals surface area (Å²) in [6, 6.07) is 6.98. The minimum atomic E-state index is -4.39. The summed E-state index contributed by atoms with van der Waals surface area (Å²) in [6.45, 7) is -1.31. The molecule has 0 unspecified atom stereocenters. The number of halogens is 5. The van der Waals surface area contributed by atoms with Crippen LogP contribution in [-0.2, 0) is 18.0 Å². The van der Waals surface area contributed by atoms with Crippen LogP contribution in [0, 0.1) is 0 Å². The van der Waals surface area contributed by atoms with Crippen LogP contribution < -0.4 is 10.6 Å². The van der Waals surface area contributed by atoms with E-state index in [0.29, 0.717) is 28.1 Å². The van der Waals surface area contributed by atoms with Crippen LogP contribution in [0.5, 0.6) is 0 Å². The molecule has 0 bridgehead atoms. The van der Waals surface area contributed by atoms with Crippen LogP contribution in [0.1, 0.15) is 5.56 Å². The zero-order valence-corrected chi connectivity index (χ0v) is 17.5. The first-order valence-electron chi connectivity index (χ1n) is 8.41. The normalized spacial score (nSPS) is 11.5. The Hall–Kier alpha value is -2.34. The van der Waals surface area contributed by atoms with Gasteiger partial charge in [-0.15, -0.1) is 0 Å². The van der Waals surface area contributed by atoms with Gasteiger partial charge in [-0.25, -0.2) is 4.68 Å². The second-order valence-electron chi connectivity index (χ2n) is 6.04. The van der Waals surface area contributed by atoms with E-state index in [1.807, 2.05) is 0 Å². The first-order chi connectivity index (χ1) is 14.2. The average molecular weight is 479 g/mol. The highest BCUT2D eigenvalue weighted by Gasteiger charge is 2.27. The number of ether oxygens (including phenoxy) is 1. The highest BCUT2D eigenvalue weighted by molar-refractivity contribution is 7.80. The predicted molar refractivity (Wildman–Crippen MR) is 112 cm³/mol. The number of thiocarbonyl (C=S) groups is 1. The first kappa shape index (κ1) is 22.3. The lowest BCUT2D eigenvalue weighted by Crippen LogP contribution is -2.19. The smallest absolute Gasteiger partial charge is 0.350 e. The number of anilines is 2. The van der Waals surface area contributed by atoms with E-state index in [1.54, 1.807) is 35.1 Å². The fraction of sp³-hybridized carbons (Fsp3) is 0.235. The van der Waals surface area contributed by atoms with Crippen molar-refractivity contribution in [2.24, 2.45) is 0 Å². The Morgan fingerprint density at radius 1 is 1.13 bits per heavy atom. The summed E-state index contributed by atoms with van der Waals surface area (Å²) in [5, 5.41) is 15.3. The number of benzene rings is 1. The molecule has 2 N–H and O–H groups in total. The van der Waals surface area contributed by atoms with Gasteiger partial charge >= 0.3 is 6.18 Å². The summed E-state index contributed by atoms with van der Waals surface area (Å²) in [7, 11) is 0. The van der Waals surface area contributed by atoms with E-state index in [2.05, 4.69) is 25.6 Å². The van der Waals surface area contributed by atoms with Crippen molar-refractivity contribution in [1.82, 2.24) is 19.6 Å². The number of nitrogens with one attached hydrogen (secondary N) is 2. The summed E-state index contributed by atoms with van der Waals surface area (Å²) in [5.74, 6) is 0.483. The molecule has 0 saturated heterocycles. The van der Waals surface area contributed by atoms with Crippen LogP contribution in [-0.4, -0.2) is 37.5 Å². The van der Waals surface area contributed by atoms with Gasteiger partial charge in [-0.3, -0.25) is 4.68 Å². The van der Waals surface area contributed by atoms with Crippen molar-refractivity contribution in [3.63, 3.8) is 0 Å². The van der Waals surface area contributed by atoms with Gasteiger partial charge < -0.3 is 15.4 Å². The van der Waals surface area contributed by atoms with Crippen molar-refractivity contribution in [1.29, 1.82) is 0 Å². The molecule has 0 aliphatic carbocycles. The van der Waals surface area contributed by atoms with Crippen molar-refractivity contribution in [3.8, 4) is 0 Å². The number of nitrogens with zero attached hydrogens (tertiary/aromatic N) is 4. The van der Waals surface area contributed by atoms with Crippen molar-refractivity contribution in [2.75, 3.05) is 17.2 Å². The number of rotatable bonds is 7. The van der Waals surface area contributed by atoms with Gasteiger partial charge in [-0.2, -0.15) is 23.4 Å². The van der Waals surface area contributed by atoms with Gasteiger partial charge in [-0.05, 0) is 24.4 Å². The zero-order valence-electron chi connectivity index (χ0n) is 15.2. The molecule has 1 aromatic carbocycles. The molecule has 2 heterocycles. The molecular weight excluding hydrogens is 464 g/mol. The fourth-order valence-corrected chi connectivity index (χ4v) is 3.13. The molecule has 0 fully saturated rings. The molecule has 0 aliphatic rings. The third-order valence-corrected chi connectivity index (χ3v) is 4.56. The molecule has 2 aromatic heterocycles. The van der Waals surface area contributed by atoms with Crippen LogP contribution in [0.4, 0.5) is 24.7 Å². The van der Waals surface area contributed by atoms with Gasteiger partial charge in [0, 0.05) is 27.9 Å². The number of aromatic nitrogens is 4. The van der Waals surface area contributed by atoms with Gasteiger partial charge in [-0.1, -0.05) is 29.3 Å². The Morgan fingerprint density at radius 3 is 2.57 bits per heavy atom. The van der Waals surface area contributed by atoms with Crippen LogP contribution >= 0.6 is 35.4 Å². The molecule has 30 heavy (non-hydrogen) atoms. The maximum absolute atomic E-state index is 12.1. The second kappa shape index (κ2) is 9.65. The molecule has 0 atom stereocenters. The minimum absolute atomic E-state index is 0.229. The lowest BCUT2D eigenvalue weighted by molar-refractivity contribution is -0.182. The number of alkyl halides is 3. The van der Waals surface area contributed by atoms with E-state index < -0.39 is 12.8 Å². The fourth-order valence-electron chi connectivity index (χ4n) is 2.39. The molecule has 0 radical (unpaired) electrons. The quantitative estimate of drug-likeness (QED) is 0.476. The van der Waals surface area contributed by atoms with Crippen molar-refractivity contribution >= 4 is 52.0 Å². The molecule has 160 valence electrons. The molecule has 0 saturated carbocycles. The summed E-state index contributed by atoms with van der Waals surface area (Å²) in [5.41, 5.74) is 1.22. The first-order valence-corrected chi connectivity index (χ1v) is 9.57. The molecule has 0 amide bonds. The Morgan fingerprint density at radius 2 is 1.87 bits per heavy atom.